The Kier molecular flexibility index (Phi) is 6.23. The molecular weight excluding hydrogens is 423 g/mol. The van der Waals surface area contributed by atoms with Crippen molar-refractivity contribution in [1.82, 2.24) is 14.9 Å². The van der Waals surface area contributed by atoms with E-state index in [0.717, 1.165) is 0 Å². The summed E-state index contributed by atoms with van der Waals surface area (Å²) in [6.45, 7) is 0. The molecule has 1 heterocycles. The molecular formula is C18H16Cl2N4O3S. The molecule has 0 saturated heterocycles. The van der Waals surface area contributed by atoms with Crippen LogP contribution in [0.4, 0.5) is 0 Å². The van der Waals surface area contributed by atoms with Gasteiger partial charge in [-0.05, 0) is 30.4 Å². The highest BCUT2D eigenvalue weighted by atomic mass is 35.5. The second kappa shape index (κ2) is 8.64. The van der Waals surface area contributed by atoms with E-state index in [1.54, 1.807) is 57.9 Å². The molecule has 146 valence electrons. The number of hydrogen-bond acceptors (Lipinski definition) is 6. The van der Waals surface area contributed by atoms with E-state index in [0.29, 0.717) is 49.0 Å². The summed E-state index contributed by atoms with van der Waals surface area (Å²) >= 11 is 17.6. The predicted octanol–water partition coefficient (Wildman–Crippen LogP) is 4.82. The third-order valence-corrected chi connectivity index (χ3v) is 4.69. The molecule has 0 aliphatic carbocycles. The van der Waals surface area contributed by atoms with Crippen molar-refractivity contribution in [3.05, 3.63) is 50.7 Å². The molecule has 3 aromatic rings. The van der Waals surface area contributed by atoms with E-state index in [4.69, 9.17) is 49.6 Å². The number of rotatable bonds is 6. The highest BCUT2D eigenvalue weighted by molar-refractivity contribution is 7.71. The Balaban J connectivity index is 2.10. The maximum Gasteiger partial charge on any atom is 0.216 e. The van der Waals surface area contributed by atoms with Gasteiger partial charge < -0.3 is 14.2 Å². The number of hydrogen-bond donors (Lipinski definition) is 1. The lowest BCUT2D eigenvalue weighted by Crippen LogP contribution is -2.00. The third kappa shape index (κ3) is 3.99. The van der Waals surface area contributed by atoms with Gasteiger partial charge in [0.1, 0.15) is 17.2 Å². The molecule has 10 heteroatoms. The summed E-state index contributed by atoms with van der Waals surface area (Å²) in [6, 6.07) is 8.55. The van der Waals surface area contributed by atoms with Gasteiger partial charge in [0, 0.05) is 22.7 Å². The molecule has 0 unspecified atom stereocenters. The maximum absolute atomic E-state index is 6.30. The number of aromatic nitrogens is 3. The zero-order valence-electron chi connectivity index (χ0n) is 15.2. The second-order valence-electron chi connectivity index (χ2n) is 5.48. The Morgan fingerprint density at radius 2 is 1.75 bits per heavy atom. The highest BCUT2D eigenvalue weighted by Crippen LogP contribution is 2.33. The quantitative estimate of drug-likeness (QED) is 0.440. The van der Waals surface area contributed by atoms with Crippen LogP contribution < -0.4 is 14.2 Å². The van der Waals surface area contributed by atoms with Gasteiger partial charge in [0.2, 0.25) is 4.77 Å². The van der Waals surface area contributed by atoms with Crippen LogP contribution in [0.1, 0.15) is 5.56 Å². The molecule has 0 fully saturated rings. The molecule has 7 nitrogen and oxygen atoms in total. The molecule has 1 aromatic heterocycles. The van der Waals surface area contributed by atoms with E-state index in [2.05, 4.69) is 15.3 Å². The van der Waals surface area contributed by atoms with Crippen LogP contribution in [0.5, 0.6) is 17.2 Å². The first kappa shape index (κ1) is 20.2. The minimum Gasteiger partial charge on any atom is -0.496 e. The summed E-state index contributed by atoms with van der Waals surface area (Å²) in [7, 11) is 4.66. The molecule has 0 radical (unpaired) electrons. The van der Waals surface area contributed by atoms with Gasteiger partial charge in [0.25, 0.3) is 0 Å². The van der Waals surface area contributed by atoms with E-state index < -0.39 is 0 Å². The lowest BCUT2D eigenvalue weighted by molar-refractivity contribution is 0.374. The SMILES string of the molecule is COc1cc(OC)c(/C=N/n2c(-c3ccc(Cl)cc3Cl)n[nH]c2=S)c(OC)c1. The standard InChI is InChI=1S/C18H16Cl2N4O3S/c1-25-11-7-15(26-2)13(16(8-11)27-3)9-21-24-17(22-23-18(24)28)12-5-4-10(19)6-14(12)20/h4-9H,1-3H3,(H,23,28)/b21-9+. The van der Waals surface area contributed by atoms with E-state index in [-0.39, 0.29) is 0 Å². The molecule has 3 rings (SSSR count). The fraction of sp³-hybridized carbons (Fsp3) is 0.167. The van der Waals surface area contributed by atoms with Crippen molar-refractivity contribution in [2.24, 2.45) is 5.10 Å². The summed E-state index contributed by atoms with van der Waals surface area (Å²) in [5.74, 6) is 2.09. The second-order valence-corrected chi connectivity index (χ2v) is 6.71. The minimum atomic E-state index is 0.295. The number of H-pyrrole nitrogens is 1. The fourth-order valence-corrected chi connectivity index (χ4v) is 3.19. The van der Waals surface area contributed by atoms with E-state index in [1.807, 2.05) is 0 Å². The minimum absolute atomic E-state index is 0.295. The molecule has 28 heavy (non-hydrogen) atoms. The molecule has 2 aromatic carbocycles. The van der Waals surface area contributed by atoms with Gasteiger partial charge in [0.05, 0.1) is 38.1 Å². The van der Waals surface area contributed by atoms with Crippen LogP contribution in [0.2, 0.25) is 10.0 Å². The van der Waals surface area contributed by atoms with Gasteiger partial charge in [-0.1, -0.05) is 23.2 Å². The normalized spacial score (nSPS) is 11.0. The van der Waals surface area contributed by atoms with Gasteiger partial charge in [-0.25, -0.2) is 5.10 Å². The zero-order valence-corrected chi connectivity index (χ0v) is 17.5. The lowest BCUT2D eigenvalue weighted by Gasteiger charge is -2.12. The number of benzene rings is 2. The molecule has 0 aliphatic rings. The summed E-state index contributed by atoms with van der Waals surface area (Å²) < 4.78 is 17.9. The van der Waals surface area contributed by atoms with Crippen molar-refractivity contribution in [2.75, 3.05) is 21.3 Å². The van der Waals surface area contributed by atoms with Gasteiger partial charge in [-0.2, -0.15) is 14.9 Å². The Morgan fingerprint density at radius 3 is 2.32 bits per heavy atom. The lowest BCUT2D eigenvalue weighted by atomic mass is 10.2. The van der Waals surface area contributed by atoms with Gasteiger partial charge in [-0.15, -0.1) is 0 Å². The van der Waals surface area contributed by atoms with Crippen LogP contribution in [0.3, 0.4) is 0 Å². The molecule has 0 atom stereocenters. The summed E-state index contributed by atoms with van der Waals surface area (Å²) in [5, 5.41) is 12.3. The summed E-state index contributed by atoms with van der Waals surface area (Å²) in [4.78, 5) is 0. The Morgan fingerprint density at radius 1 is 1.07 bits per heavy atom. The number of ether oxygens (including phenoxy) is 3. The highest BCUT2D eigenvalue weighted by Gasteiger charge is 2.14. The number of halogens is 2. The summed E-state index contributed by atoms with van der Waals surface area (Å²) in [5.41, 5.74) is 1.24. The number of nitrogens with zero attached hydrogens (tertiary/aromatic N) is 3. The molecule has 0 saturated carbocycles. The van der Waals surface area contributed by atoms with Crippen LogP contribution in [-0.4, -0.2) is 42.4 Å². The first-order chi connectivity index (χ1) is 13.5. The molecule has 0 amide bonds. The van der Waals surface area contributed by atoms with E-state index >= 15 is 0 Å². The van der Waals surface area contributed by atoms with Crippen molar-refractivity contribution in [3.63, 3.8) is 0 Å². The Hall–Kier alpha value is -2.55. The van der Waals surface area contributed by atoms with Gasteiger partial charge in [0.15, 0.2) is 5.82 Å². The van der Waals surface area contributed by atoms with Gasteiger partial charge in [-0.3, -0.25) is 0 Å². The van der Waals surface area contributed by atoms with Crippen LogP contribution in [0, 0.1) is 4.77 Å². The molecule has 0 spiro atoms. The number of methoxy groups -OCH3 is 3. The molecule has 0 bridgehead atoms. The first-order valence-electron chi connectivity index (χ1n) is 7.95. The van der Waals surface area contributed by atoms with Crippen molar-refractivity contribution in [3.8, 4) is 28.6 Å². The van der Waals surface area contributed by atoms with E-state index in [1.165, 1.54) is 4.68 Å². The topological polar surface area (TPSA) is 73.7 Å². The van der Waals surface area contributed by atoms with Crippen LogP contribution in [0.25, 0.3) is 11.4 Å². The van der Waals surface area contributed by atoms with Crippen molar-refractivity contribution in [2.45, 2.75) is 0 Å². The fourth-order valence-electron chi connectivity index (χ4n) is 2.52. The number of nitrogens with one attached hydrogen (secondary N) is 1. The average Bonchev–Trinajstić information content (AvgIpc) is 3.05. The number of aromatic amines is 1. The molecule has 1 N–H and O–H groups in total. The Bertz CT molecular complexity index is 1070. The maximum atomic E-state index is 6.30. The van der Waals surface area contributed by atoms with E-state index in [9.17, 15) is 0 Å². The molecule has 0 aliphatic heterocycles. The van der Waals surface area contributed by atoms with Crippen molar-refractivity contribution >= 4 is 41.6 Å². The predicted molar refractivity (Wildman–Crippen MR) is 112 cm³/mol. The van der Waals surface area contributed by atoms with Crippen molar-refractivity contribution in [1.29, 1.82) is 0 Å². The van der Waals surface area contributed by atoms with Crippen LogP contribution >= 0.6 is 35.4 Å². The largest absolute Gasteiger partial charge is 0.496 e. The van der Waals surface area contributed by atoms with Crippen molar-refractivity contribution < 1.29 is 14.2 Å². The van der Waals surface area contributed by atoms with Crippen LogP contribution in [-0.2, 0) is 0 Å². The smallest absolute Gasteiger partial charge is 0.216 e. The first-order valence-corrected chi connectivity index (χ1v) is 9.12. The van der Waals surface area contributed by atoms with Crippen LogP contribution in [0.15, 0.2) is 35.4 Å². The van der Waals surface area contributed by atoms with Gasteiger partial charge >= 0.3 is 0 Å². The zero-order chi connectivity index (χ0) is 20.3. The summed E-state index contributed by atoms with van der Waals surface area (Å²) in [6.07, 6.45) is 1.57. The monoisotopic (exact) mass is 438 g/mol. The third-order valence-electron chi connectivity index (χ3n) is 3.88. The Labute approximate surface area is 176 Å². The average molecular weight is 439 g/mol.